The first-order valence-electron chi connectivity index (χ1n) is 6.42. The first-order valence-corrected chi connectivity index (χ1v) is 7.91. The highest BCUT2D eigenvalue weighted by atomic mass is 32.2. The van der Waals surface area contributed by atoms with Crippen molar-refractivity contribution < 1.29 is 13.2 Å². The molecule has 1 aromatic heterocycles. The summed E-state index contributed by atoms with van der Waals surface area (Å²) < 4.78 is 32.2. The number of anilines is 2. The fraction of sp³-hybridized carbons (Fsp3) is 0.214. The largest absolute Gasteiger partial charge is 0.497 e. The fourth-order valence-corrected chi connectivity index (χ4v) is 2.82. The van der Waals surface area contributed by atoms with Gasteiger partial charge in [-0.25, -0.2) is 13.4 Å². The summed E-state index contributed by atoms with van der Waals surface area (Å²) in [5, 5.41) is 3.01. The molecule has 1 aromatic carbocycles. The van der Waals surface area contributed by atoms with Gasteiger partial charge in [0.15, 0.2) is 0 Å². The van der Waals surface area contributed by atoms with Crippen molar-refractivity contribution in [2.24, 2.45) is 0 Å². The molecule has 0 atom stereocenters. The summed E-state index contributed by atoms with van der Waals surface area (Å²) in [6.45, 7) is 2.56. The van der Waals surface area contributed by atoms with Gasteiger partial charge in [0.25, 0.3) is 10.0 Å². The van der Waals surface area contributed by atoms with Crippen LogP contribution in [0.25, 0.3) is 0 Å². The molecule has 21 heavy (non-hydrogen) atoms. The summed E-state index contributed by atoms with van der Waals surface area (Å²) >= 11 is 0. The molecule has 6 nitrogen and oxygen atoms in total. The van der Waals surface area contributed by atoms with Crippen molar-refractivity contribution in [1.29, 1.82) is 0 Å². The molecule has 7 heteroatoms. The molecule has 2 N–H and O–H groups in total. The molecule has 0 saturated carbocycles. The van der Waals surface area contributed by atoms with E-state index in [2.05, 4.69) is 15.0 Å². The summed E-state index contributed by atoms with van der Waals surface area (Å²) in [7, 11) is -2.14. The zero-order chi connectivity index (χ0) is 15.3. The number of hydrogen-bond donors (Lipinski definition) is 2. The Labute approximate surface area is 124 Å². The van der Waals surface area contributed by atoms with Gasteiger partial charge in [0, 0.05) is 12.7 Å². The second-order valence-electron chi connectivity index (χ2n) is 4.21. The predicted octanol–water partition coefficient (Wildman–Crippen LogP) is 2.32. The fourth-order valence-electron chi connectivity index (χ4n) is 1.75. The number of nitrogens with one attached hydrogen (secondary N) is 2. The molecule has 2 aromatic rings. The van der Waals surface area contributed by atoms with Gasteiger partial charge < -0.3 is 10.1 Å². The second-order valence-corrected chi connectivity index (χ2v) is 5.89. The van der Waals surface area contributed by atoms with Crippen molar-refractivity contribution in [2.45, 2.75) is 11.8 Å². The lowest BCUT2D eigenvalue weighted by Crippen LogP contribution is -2.15. The number of sulfonamides is 1. The number of methoxy groups -OCH3 is 1. The molecule has 0 aliphatic rings. The van der Waals surface area contributed by atoms with E-state index >= 15 is 0 Å². The predicted molar refractivity (Wildman–Crippen MR) is 82.2 cm³/mol. The van der Waals surface area contributed by atoms with Crippen LogP contribution in [0.5, 0.6) is 5.75 Å². The van der Waals surface area contributed by atoms with Crippen LogP contribution >= 0.6 is 0 Å². The van der Waals surface area contributed by atoms with Crippen LogP contribution in [-0.2, 0) is 10.0 Å². The highest BCUT2D eigenvalue weighted by Crippen LogP contribution is 2.23. The average molecular weight is 307 g/mol. The molecule has 0 amide bonds. The molecule has 0 unspecified atom stereocenters. The summed E-state index contributed by atoms with van der Waals surface area (Å²) in [5.41, 5.74) is 0.412. The number of pyridine rings is 1. The molecule has 112 valence electrons. The molecule has 0 bridgehead atoms. The van der Waals surface area contributed by atoms with Gasteiger partial charge in [-0.2, -0.15) is 0 Å². The van der Waals surface area contributed by atoms with E-state index in [1.807, 2.05) is 6.92 Å². The maximum Gasteiger partial charge on any atom is 0.262 e. The monoisotopic (exact) mass is 307 g/mol. The van der Waals surface area contributed by atoms with Crippen molar-refractivity contribution in [1.82, 2.24) is 4.98 Å². The van der Waals surface area contributed by atoms with Gasteiger partial charge >= 0.3 is 0 Å². The van der Waals surface area contributed by atoms with E-state index < -0.39 is 10.0 Å². The maximum atomic E-state index is 12.4. The van der Waals surface area contributed by atoms with Crippen LogP contribution in [0, 0.1) is 0 Å². The molecular formula is C14H17N3O3S. The Balaban J connectivity index is 2.28. The number of hydrogen-bond acceptors (Lipinski definition) is 5. The molecule has 0 aliphatic carbocycles. The van der Waals surface area contributed by atoms with Crippen LogP contribution in [-0.4, -0.2) is 27.1 Å². The molecule has 0 saturated heterocycles. The van der Waals surface area contributed by atoms with Gasteiger partial charge in [0.05, 0.1) is 17.7 Å². The number of rotatable bonds is 6. The van der Waals surface area contributed by atoms with E-state index in [4.69, 9.17) is 4.74 Å². The second kappa shape index (κ2) is 6.45. The minimum atomic E-state index is -3.66. The Hall–Kier alpha value is -2.28. The normalized spacial score (nSPS) is 11.0. The molecular weight excluding hydrogens is 290 g/mol. The Morgan fingerprint density at radius 2 is 1.90 bits per heavy atom. The first-order chi connectivity index (χ1) is 10.1. The maximum absolute atomic E-state index is 12.4. The van der Waals surface area contributed by atoms with Crippen LogP contribution in [0.15, 0.2) is 47.5 Å². The topological polar surface area (TPSA) is 80.3 Å². The van der Waals surface area contributed by atoms with Gasteiger partial charge in [-0.3, -0.25) is 4.72 Å². The standard InChI is InChI=1S/C14H17N3O3S/c1-3-15-14-13(5-4-10-16-14)17-21(18,19)12-8-6-11(20-2)7-9-12/h4-10,17H,3H2,1-2H3,(H,15,16). The highest BCUT2D eigenvalue weighted by molar-refractivity contribution is 7.92. The molecule has 0 fully saturated rings. The smallest absolute Gasteiger partial charge is 0.262 e. The van der Waals surface area contributed by atoms with E-state index in [1.54, 1.807) is 30.5 Å². The Morgan fingerprint density at radius 3 is 2.52 bits per heavy atom. The van der Waals surface area contributed by atoms with Crippen molar-refractivity contribution >= 4 is 21.5 Å². The average Bonchev–Trinajstić information content (AvgIpc) is 2.49. The van der Waals surface area contributed by atoms with E-state index in [0.29, 0.717) is 23.8 Å². The van der Waals surface area contributed by atoms with Crippen molar-refractivity contribution in [3.63, 3.8) is 0 Å². The van der Waals surface area contributed by atoms with Gasteiger partial charge in [-0.15, -0.1) is 0 Å². The minimum Gasteiger partial charge on any atom is -0.497 e. The van der Waals surface area contributed by atoms with Crippen LogP contribution in [0.1, 0.15) is 6.92 Å². The van der Waals surface area contributed by atoms with E-state index in [-0.39, 0.29) is 4.90 Å². The summed E-state index contributed by atoms with van der Waals surface area (Å²) in [6.07, 6.45) is 1.60. The third-order valence-corrected chi connectivity index (χ3v) is 4.15. The highest BCUT2D eigenvalue weighted by Gasteiger charge is 2.16. The zero-order valence-corrected chi connectivity index (χ0v) is 12.6. The SMILES string of the molecule is CCNc1ncccc1NS(=O)(=O)c1ccc(OC)cc1. The third kappa shape index (κ3) is 3.63. The lowest BCUT2D eigenvalue weighted by molar-refractivity contribution is 0.414. The molecule has 0 radical (unpaired) electrons. The van der Waals surface area contributed by atoms with E-state index in [1.165, 1.54) is 19.2 Å². The lowest BCUT2D eigenvalue weighted by atomic mass is 10.3. The van der Waals surface area contributed by atoms with Crippen LogP contribution < -0.4 is 14.8 Å². The summed E-state index contributed by atoms with van der Waals surface area (Å²) in [5.74, 6) is 1.10. The Kier molecular flexibility index (Phi) is 4.64. The number of aromatic nitrogens is 1. The van der Waals surface area contributed by atoms with Crippen LogP contribution in [0.3, 0.4) is 0 Å². The first kappa shape index (κ1) is 15.1. The zero-order valence-electron chi connectivity index (χ0n) is 11.8. The van der Waals surface area contributed by atoms with Crippen molar-refractivity contribution in [3.05, 3.63) is 42.6 Å². The Bertz CT molecular complexity index is 700. The van der Waals surface area contributed by atoms with Gasteiger partial charge in [0.1, 0.15) is 11.6 Å². The van der Waals surface area contributed by atoms with Crippen LogP contribution in [0.2, 0.25) is 0 Å². The minimum absolute atomic E-state index is 0.162. The quantitative estimate of drug-likeness (QED) is 0.856. The Morgan fingerprint density at radius 1 is 1.19 bits per heavy atom. The molecule has 0 aliphatic heterocycles. The molecule has 2 rings (SSSR count). The van der Waals surface area contributed by atoms with Gasteiger partial charge in [-0.1, -0.05) is 0 Å². The van der Waals surface area contributed by atoms with E-state index in [0.717, 1.165) is 0 Å². The van der Waals surface area contributed by atoms with Gasteiger partial charge in [-0.05, 0) is 43.3 Å². The number of benzene rings is 1. The van der Waals surface area contributed by atoms with Crippen molar-refractivity contribution in [3.8, 4) is 5.75 Å². The van der Waals surface area contributed by atoms with Crippen molar-refractivity contribution in [2.75, 3.05) is 23.7 Å². The van der Waals surface area contributed by atoms with Crippen LogP contribution in [0.4, 0.5) is 11.5 Å². The number of nitrogens with zero attached hydrogens (tertiary/aromatic N) is 1. The lowest BCUT2D eigenvalue weighted by Gasteiger charge is -2.12. The van der Waals surface area contributed by atoms with E-state index in [9.17, 15) is 8.42 Å². The molecule has 0 spiro atoms. The summed E-state index contributed by atoms with van der Waals surface area (Å²) in [6, 6.07) is 9.51. The third-order valence-electron chi connectivity index (χ3n) is 2.77. The van der Waals surface area contributed by atoms with Gasteiger partial charge in [0.2, 0.25) is 0 Å². The summed E-state index contributed by atoms with van der Waals surface area (Å²) in [4.78, 5) is 4.28. The molecule has 1 heterocycles. The number of ether oxygens (including phenoxy) is 1.